The molecule has 0 aromatic heterocycles. The van der Waals surface area contributed by atoms with Gasteiger partial charge < -0.3 is 4.74 Å². The molecule has 0 radical (unpaired) electrons. The molecular formula is C20H14O. The Hall–Kier alpha value is -2.54. The van der Waals surface area contributed by atoms with Gasteiger partial charge in [-0.2, -0.15) is 0 Å². The standard InChI is InChI=1S/C20H14O/c1-3-9-15-13(7-1)14-8-2-4-10-16(14)20-19(15)17-11-5-6-12-18(17)21-20/h1-12,19-20H/t19-,20-/m0/s1. The molecule has 0 bridgehead atoms. The number of benzene rings is 3. The molecule has 1 heteroatoms. The van der Waals surface area contributed by atoms with Crippen molar-refractivity contribution in [2.45, 2.75) is 12.0 Å². The van der Waals surface area contributed by atoms with Gasteiger partial charge in [0.2, 0.25) is 0 Å². The molecule has 2 aliphatic rings. The van der Waals surface area contributed by atoms with Gasteiger partial charge in [0.1, 0.15) is 11.9 Å². The normalized spacial score (nSPS) is 20.8. The summed E-state index contributed by atoms with van der Waals surface area (Å²) in [7, 11) is 0. The van der Waals surface area contributed by atoms with Gasteiger partial charge in [-0.15, -0.1) is 0 Å². The summed E-state index contributed by atoms with van der Waals surface area (Å²) >= 11 is 0. The monoisotopic (exact) mass is 270 g/mol. The molecule has 0 N–H and O–H groups in total. The van der Waals surface area contributed by atoms with E-state index in [0.29, 0.717) is 5.92 Å². The van der Waals surface area contributed by atoms with Crippen LogP contribution in [0.2, 0.25) is 0 Å². The van der Waals surface area contributed by atoms with Crippen LogP contribution < -0.4 is 4.74 Å². The van der Waals surface area contributed by atoms with Gasteiger partial charge in [0.05, 0.1) is 5.92 Å². The summed E-state index contributed by atoms with van der Waals surface area (Å²) in [6, 6.07) is 25.8. The van der Waals surface area contributed by atoms with Gasteiger partial charge in [-0.1, -0.05) is 66.7 Å². The van der Waals surface area contributed by atoms with Crippen molar-refractivity contribution >= 4 is 0 Å². The molecule has 3 aromatic rings. The Morgan fingerprint density at radius 2 is 1.14 bits per heavy atom. The van der Waals surface area contributed by atoms with Crippen molar-refractivity contribution in [2.24, 2.45) is 0 Å². The van der Waals surface area contributed by atoms with E-state index in [0.717, 1.165) is 5.75 Å². The Morgan fingerprint density at radius 1 is 0.571 bits per heavy atom. The lowest BCUT2D eigenvalue weighted by Gasteiger charge is -2.30. The van der Waals surface area contributed by atoms with Gasteiger partial charge >= 0.3 is 0 Å². The zero-order valence-corrected chi connectivity index (χ0v) is 11.5. The fourth-order valence-electron chi connectivity index (χ4n) is 3.79. The van der Waals surface area contributed by atoms with Crippen LogP contribution in [0.1, 0.15) is 28.7 Å². The third kappa shape index (κ3) is 1.41. The van der Waals surface area contributed by atoms with E-state index in [1.54, 1.807) is 0 Å². The predicted molar refractivity (Wildman–Crippen MR) is 83.5 cm³/mol. The van der Waals surface area contributed by atoms with Crippen molar-refractivity contribution in [3.63, 3.8) is 0 Å². The van der Waals surface area contributed by atoms with Crippen LogP contribution in [-0.2, 0) is 0 Å². The molecule has 0 saturated heterocycles. The van der Waals surface area contributed by atoms with E-state index in [9.17, 15) is 0 Å². The van der Waals surface area contributed by atoms with Gasteiger partial charge in [-0.25, -0.2) is 0 Å². The van der Waals surface area contributed by atoms with Crippen molar-refractivity contribution in [3.8, 4) is 16.9 Å². The van der Waals surface area contributed by atoms with Crippen LogP contribution in [0.15, 0.2) is 72.8 Å². The van der Waals surface area contributed by atoms with Gasteiger partial charge in [0, 0.05) is 11.1 Å². The predicted octanol–water partition coefficient (Wildman–Crippen LogP) is 4.93. The first-order valence-electron chi connectivity index (χ1n) is 7.37. The van der Waals surface area contributed by atoms with Crippen molar-refractivity contribution < 1.29 is 4.74 Å². The van der Waals surface area contributed by atoms with E-state index in [1.165, 1.54) is 27.8 Å². The molecule has 0 unspecified atom stereocenters. The molecule has 1 aliphatic carbocycles. The molecule has 1 heterocycles. The summed E-state index contributed by atoms with van der Waals surface area (Å²) in [5, 5.41) is 0. The summed E-state index contributed by atoms with van der Waals surface area (Å²) in [6.07, 6.45) is 0.105. The molecule has 21 heavy (non-hydrogen) atoms. The van der Waals surface area contributed by atoms with Crippen LogP contribution in [0.5, 0.6) is 5.75 Å². The highest BCUT2D eigenvalue weighted by molar-refractivity contribution is 5.77. The average Bonchev–Trinajstić information content (AvgIpc) is 2.95. The molecule has 0 saturated carbocycles. The van der Waals surface area contributed by atoms with Crippen molar-refractivity contribution in [1.29, 1.82) is 0 Å². The highest BCUT2D eigenvalue weighted by Gasteiger charge is 2.41. The van der Waals surface area contributed by atoms with Crippen LogP contribution in [0.25, 0.3) is 11.1 Å². The number of hydrogen-bond acceptors (Lipinski definition) is 1. The Morgan fingerprint density at radius 3 is 1.95 bits per heavy atom. The number of fused-ring (bicyclic) bond motifs is 8. The highest BCUT2D eigenvalue weighted by Crippen LogP contribution is 2.55. The molecule has 1 nitrogen and oxygen atoms in total. The van der Waals surface area contributed by atoms with E-state index in [-0.39, 0.29) is 6.10 Å². The summed E-state index contributed by atoms with van der Waals surface area (Å²) < 4.78 is 6.29. The molecular weight excluding hydrogens is 256 g/mol. The van der Waals surface area contributed by atoms with Crippen LogP contribution >= 0.6 is 0 Å². The smallest absolute Gasteiger partial charge is 0.135 e. The summed E-state index contributed by atoms with van der Waals surface area (Å²) in [5.74, 6) is 1.34. The Balaban J connectivity index is 1.85. The number of hydrogen-bond donors (Lipinski definition) is 0. The van der Waals surface area contributed by atoms with E-state index < -0.39 is 0 Å². The molecule has 3 aromatic carbocycles. The van der Waals surface area contributed by atoms with Crippen LogP contribution in [0.3, 0.4) is 0 Å². The lowest BCUT2D eigenvalue weighted by molar-refractivity contribution is 0.221. The van der Waals surface area contributed by atoms with E-state index >= 15 is 0 Å². The van der Waals surface area contributed by atoms with E-state index in [1.807, 2.05) is 6.07 Å². The van der Waals surface area contributed by atoms with Crippen LogP contribution in [0.4, 0.5) is 0 Å². The van der Waals surface area contributed by atoms with Gasteiger partial charge in [0.25, 0.3) is 0 Å². The quantitative estimate of drug-likeness (QED) is 0.562. The number of para-hydroxylation sites is 1. The molecule has 1 aliphatic heterocycles. The summed E-state index contributed by atoms with van der Waals surface area (Å²) in [5.41, 5.74) is 6.64. The highest BCUT2D eigenvalue weighted by atomic mass is 16.5. The number of ether oxygens (including phenoxy) is 1. The second kappa shape index (κ2) is 3.98. The van der Waals surface area contributed by atoms with E-state index in [2.05, 4.69) is 66.7 Å². The summed E-state index contributed by atoms with van der Waals surface area (Å²) in [4.78, 5) is 0. The maximum absolute atomic E-state index is 6.29. The second-order valence-electron chi connectivity index (χ2n) is 5.73. The SMILES string of the molecule is c1ccc2c(c1)O[C@H]1c3ccccc3-c3ccccc3[C@@H]21. The molecule has 0 fully saturated rings. The summed E-state index contributed by atoms with van der Waals surface area (Å²) in [6.45, 7) is 0. The zero-order chi connectivity index (χ0) is 13.8. The lowest BCUT2D eigenvalue weighted by atomic mass is 9.75. The lowest BCUT2D eigenvalue weighted by Crippen LogP contribution is -2.17. The number of rotatable bonds is 0. The molecule has 5 rings (SSSR count). The maximum atomic E-state index is 6.29. The van der Waals surface area contributed by atoms with Gasteiger partial charge in [-0.05, 0) is 22.8 Å². The fraction of sp³-hybridized carbons (Fsp3) is 0.100. The minimum Gasteiger partial charge on any atom is -0.484 e. The molecule has 0 amide bonds. The second-order valence-corrected chi connectivity index (χ2v) is 5.73. The third-order valence-electron chi connectivity index (χ3n) is 4.66. The Kier molecular flexibility index (Phi) is 2.12. The molecule has 100 valence electrons. The first-order chi connectivity index (χ1) is 10.4. The third-order valence-corrected chi connectivity index (χ3v) is 4.66. The van der Waals surface area contributed by atoms with E-state index in [4.69, 9.17) is 4.74 Å². The Bertz CT molecular complexity index is 850. The van der Waals surface area contributed by atoms with Crippen molar-refractivity contribution in [1.82, 2.24) is 0 Å². The van der Waals surface area contributed by atoms with Crippen LogP contribution in [-0.4, -0.2) is 0 Å². The minimum atomic E-state index is 0.105. The van der Waals surface area contributed by atoms with Crippen molar-refractivity contribution in [2.75, 3.05) is 0 Å². The van der Waals surface area contributed by atoms with Gasteiger partial charge in [-0.3, -0.25) is 0 Å². The van der Waals surface area contributed by atoms with Gasteiger partial charge in [0.15, 0.2) is 0 Å². The van der Waals surface area contributed by atoms with Crippen LogP contribution in [0, 0.1) is 0 Å². The minimum absolute atomic E-state index is 0.105. The Labute approximate surface area is 123 Å². The van der Waals surface area contributed by atoms with Crippen molar-refractivity contribution in [3.05, 3.63) is 89.5 Å². The largest absolute Gasteiger partial charge is 0.484 e. The molecule has 2 atom stereocenters. The topological polar surface area (TPSA) is 9.23 Å². The zero-order valence-electron chi connectivity index (χ0n) is 11.5. The first kappa shape index (κ1) is 11.2. The fourth-order valence-corrected chi connectivity index (χ4v) is 3.79. The average molecular weight is 270 g/mol. The molecule has 0 spiro atoms. The first-order valence-corrected chi connectivity index (χ1v) is 7.37. The maximum Gasteiger partial charge on any atom is 0.135 e.